The van der Waals surface area contributed by atoms with Gasteiger partial charge < -0.3 is 10.4 Å². The molecule has 0 unspecified atom stereocenters. The highest BCUT2D eigenvalue weighted by Crippen LogP contribution is 2.30. The summed E-state index contributed by atoms with van der Waals surface area (Å²) in [6.07, 6.45) is 2.55. The van der Waals surface area contributed by atoms with E-state index < -0.39 is 5.97 Å². The molecule has 2 N–H and O–H groups in total. The number of thiazole rings is 1. The van der Waals surface area contributed by atoms with Crippen LogP contribution < -0.4 is 5.32 Å². The van der Waals surface area contributed by atoms with E-state index in [4.69, 9.17) is 5.11 Å². The Hall–Kier alpha value is -1.88. The quantitative estimate of drug-likeness (QED) is 0.848. The fourth-order valence-corrected chi connectivity index (χ4v) is 2.84. The fourth-order valence-electron chi connectivity index (χ4n) is 1.84. The van der Waals surface area contributed by atoms with Crippen molar-refractivity contribution in [1.82, 2.24) is 4.98 Å². The molecule has 106 valence electrons. The Labute approximate surface area is 122 Å². The van der Waals surface area contributed by atoms with E-state index in [-0.39, 0.29) is 12.0 Å². The summed E-state index contributed by atoms with van der Waals surface area (Å²) in [5, 5.41) is 12.9. The third kappa shape index (κ3) is 4.06. The molecule has 0 aliphatic rings. The minimum Gasteiger partial charge on any atom is -0.481 e. The van der Waals surface area contributed by atoms with E-state index >= 15 is 0 Å². The molecule has 0 saturated carbocycles. The Bertz CT molecular complexity index is 579. The van der Waals surface area contributed by atoms with Gasteiger partial charge in [0.2, 0.25) is 0 Å². The zero-order valence-corrected chi connectivity index (χ0v) is 12.4. The van der Waals surface area contributed by atoms with Crippen molar-refractivity contribution in [2.24, 2.45) is 0 Å². The number of benzene rings is 1. The van der Waals surface area contributed by atoms with Crippen LogP contribution in [0.15, 0.2) is 36.5 Å². The Morgan fingerprint density at radius 2 is 2.05 bits per heavy atom. The number of aromatic nitrogens is 1. The van der Waals surface area contributed by atoms with Gasteiger partial charge in [0, 0.05) is 18.2 Å². The van der Waals surface area contributed by atoms with E-state index in [2.05, 4.69) is 10.3 Å². The summed E-state index contributed by atoms with van der Waals surface area (Å²) in [7, 11) is 0. The van der Waals surface area contributed by atoms with Gasteiger partial charge in [-0.3, -0.25) is 4.79 Å². The van der Waals surface area contributed by atoms with Crippen molar-refractivity contribution in [2.75, 3.05) is 5.32 Å². The summed E-state index contributed by atoms with van der Waals surface area (Å²) in [5.74, 6) is -0.774. The van der Waals surface area contributed by atoms with Gasteiger partial charge in [-0.05, 0) is 25.8 Å². The van der Waals surface area contributed by atoms with Crippen LogP contribution in [0.2, 0.25) is 0 Å². The molecular weight excluding hydrogens is 272 g/mol. The molecule has 20 heavy (non-hydrogen) atoms. The zero-order chi connectivity index (χ0) is 14.6. The molecule has 0 fully saturated rings. The number of carboxylic acid groups (broad SMARTS) is 1. The minimum atomic E-state index is -0.774. The number of anilines is 1. The van der Waals surface area contributed by atoms with E-state index in [1.165, 1.54) is 0 Å². The number of aliphatic carboxylic acids is 1. The van der Waals surface area contributed by atoms with Gasteiger partial charge in [-0.15, -0.1) is 0 Å². The highest BCUT2D eigenvalue weighted by atomic mass is 32.1. The molecule has 0 aliphatic carbocycles. The van der Waals surface area contributed by atoms with Crippen molar-refractivity contribution in [3.05, 3.63) is 36.5 Å². The average molecular weight is 290 g/mol. The van der Waals surface area contributed by atoms with Crippen LogP contribution in [0.5, 0.6) is 0 Å². The normalized spacial score (nSPS) is 11.3. The van der Waals surface area contributed by atoms with Gasteiger partial charge >= 0.3 is 5.97 Å². The van der Waals surface area contributed by atoms with Crippen LogP contribution in [0.3, 0.4) is 0 Å². The third-order valence-electron chi connectivity index (χ3n) is 2.97. The average Bonchev–Trinajstić information content (AvgIpc) is 2.85. The predicted molar refractivity (Wildman–Crippen MR) is 82.1 cm³/mol. The second-order valence-corrected chi connectivity index (χ2v) is 6.33. The number of carbonyl (C=O) groups is 1. The standard InChI is InChI=1S/C15H18N2O2S/c1-15(2,9-8-13(18)19)17-14-16-10-12(20-14)11-6-4-3-5-7-11/h3-7,10H,8-9H2,1-2H3,(H,16,17)(H,18,19). The number of nitrogens with zero attached hydrogens (tertiary/aromatic N) is 1. The monoisotopic (exact) mass is 290 g/mol. The van der Waals surface area contributed by atoms with E-state index in [1.807, 2.05) is 50.4 Å². The van der Waals surface area contributed by atoms with Crippen molar-refractivity contribution < 1.29 is 9.90 Å². The Kier molecular flexibility index (Phi) is 4.39. The number of rotatable bonds is 6. The summed E-state index contributed by atoms with van der Waals surface area (Å²) < 4.78 is 0. The molecule has 1 aromatic carbocycles. The number of hydrogen-bond acceptors (Lipinski definition) is 4. The first-order chi connectivity index (χ1) is 9.46. The van der Waals surface area contributed by atoms with Crippen LogP contribution >= 0.6 is 11.3 Å². The van der Waals surface area contributed by atoms with Gasteiger partial charge in [0.15, 0.2) is 5.13 Å². The zero-order valence-electron chi connectivity index (χ0n) is 11.6. The molecule has 1 heterocycles. The fraction of sp³-hybridized carbons (Fsp3) is 0.333. The van der Waals surface area contributed by atoms with Crippen molar-refractivity contribution in [2.45, 2.75) is 32.2 Å². The first-order valence-electron chi connectivity index (χ1n) is 6.47. The lowest BCUT2D eigenvalue weighted by atomic mass is 9.99. The molecule has 0 saturated heterocycles. The van der Waals surface area contributed by atoms with Crippen LogP contribution in [0, 0.1) is 0 Å². The molecule has 2 rings (SSSR count). The van der Waals surface area contributed by atoms with E-state index in [9.17, 15) is 4.79 Å². The highest BCUT2D eigenvalue weighted by Gasteiger charge is 2.20. The molecule has 4 nitrogen and oxygen atoms in total. The summed E-state index contributed by atoms with van der Waals surface area (Å²) in [6, 6.07) is 10.1. The molecule has 1 aromatic heterocycles. The lowest BCUT2D eigenvalue weighted by Crippen LogP contribution is -2.31. The SMILES string of the molecule is CC(C)(CCC(=O)O)Nc1ncc(-c2ccccc2)s1. The van der Waals surface area contributed by atoms with Crippen molar-refractivity contribution in [3.8, 4) is 10.4 Å². The van der Waals surface area contributed by atoms with Gasteiger partial charge in [0.25, 0.3) is 0 Å². The Balaban J connectivity index is 2.04. The van der Waals surface area contributed by atoms with Crippen molar-refractivity contribution >= 4 is 22.4 Å². The molecular formula is C15H18N2O2S. The number of nitrogens with one attached hydrogen (secondary N) is 1. The molecule has 0 aliphatic heterocycles. The van der Waals surface area contributed by atoms with Gasteiger partial charge in [-0.25, -0.2) is 4.98 Å². The van der Waals surface area contributed by atoms with Crippen LogP contribution in [0.4, 0.5) is 5.13 Å². The predicted octanol–water partition coefficient (Wildman–Crippen LogP) is 3.87. The number of carboxylic acids is 1. The van der Waals surface area contributed by atoms with Crippen LogP contribution in [0.1, 0.15) is 26.7 Å². The first kappa shape index (κ1) is 14.5. The number of hydrogen-bond donors (Lipinski definition) is 2. The lowest BCUT2D eigenvalue weighted by molar-refractivity contribution is -0.137. The summed E-state index contributed by atoms with van der Waals surface area (Å²) in [6.45, 7) is 3.97. The lowest BCUT2D eigenvalue weighted by Gasteiger charge is -2.25. The Morgan fingerprint density at radius 1 is 1.35 bits per heavy atom. The highest BCUT2D eigenvalue weighted by molar-refractivity contribution is 7.18. The van der Waals surface area contributed by atoms with Gasteiger partial charge in [-0.1, -0.05) is 41.7 Å². The summed E-state index contributed by atoms with van der Waals surface area (Å²) in [4.78, 5) is 16.1. The maximum atomic E-state index is 10.6. The van der Waals surface area contributed by atoms with Crippen molar-refractivity contribution in [3.63, 3.8) is 0 Å². The molecule has 0 amide bonds. The Morgan fingerprint density at radius 3 is 2.70 bits per heavy atom. The third-order valence-corrected chi connectivity index (χ3v) is 3.94. The molecule has 0 atom stereocenters. The molecule has 0 radical (unpaired) electrons. The summed E-state index contributed by atoms with van der Waals surface area (Å²) >= 11 is 1.58. The van der Waals surface area contributed by atoms with Gasteiger partial charge in [0.05, 0.1) is 4.88 Å². The molecule has 0 bridgehead atoms. The van der Waals surface area contributed by atoms with E-state index in [1.54, 1.807) is 11.3 Å². The largest absolute Gasteiger partial charge is 0.481 e. The van der Waals surface area contributed by atoms with E-state index in [0.717, 1.165) is 15.6 Å². The van der Waals surface area contributed by atoms with Crippen LogP contribution in [-0.4, -0.2) is 21.6 Å². The topological polar surface area (TPSA) is 62.2 Å². The minimum absolute atomic E-state index is 0.150. The molecule has 0 spiro atoms. The van der Waals surface area contributed by atoms with E-state index in [0.29, 0.717) is 6.42 Å². The van der Waals surface area contributed by atoms with Crippen LogP contribution in [0.25, 0.3) is 10.4 Å². The van der Waals surface area contributed by atoms with Gasteiger partial charge in [-0.2, -0.15) is 0 Å². The van der Waals surface area contributed by atoms with Crippen molar-refractivity contribution in [1.29, 1.82) is 0 Å². The van der Waals surface area contributed by atoms with Crippen LogP contribution in [-0.2, 0) is 4.79 Å². The maximum absolute atomic E-state index is 10.6. The molecule has 2 aromatic rings. The second kappa shape index (κ2) is 6.05. The molecule has 5 heteroatoms. The summed E-state index contributed by atoms with van der Waals surface area (Å²) in [5.41, 5.74) is 0.853. The van der Waals surface area contributed by atoms with Gasteiger partial charge in [0.1, 0.15) is 0 Å². The maximum Gasteiger partial charge on any atom is 0.303 e. The second-order valence-electron chi connectivity index (χ2n) is 5.30. The first-order valence-corrected chi connectivity index (χ1v) is 7.29. The smallest absolute Gasteiger partial charge is 0.303 e.